The second kappa shape index (κ2) is 8.08. The standard InChI is InChI=1S/C22H24N2O3/c1-3-24-15-17(18-11-7-8-12-19(18)24)14-21(25)23(2)20(22(26)27)13-16-9-5-4-6-10-16/h4-12,15,20H,3,13-14H2,1-2H3,(H,26,27). The van der Waals surface area contributed by atoms with E-state index >= 15 is 0 Å². The molecule has 0 aliphatic heterocycles. The van der Waals surface area contributed by atoms with Gasteiger partial charge in [-0.05, 0) is 24.1 Å². The second-order valence-electron chi connectivity index (χ2n) is 6.68. The van der Waals surface area contributed by atoms with Crippen LogP contribution in [-0.2, 0) is 29.0 Å². The Labute approximate surface area is 158 Å². The van der Waals surface area contributed by atoms with E-state index < -0.39 is 12.0 Å². The molecule has 1 amide bonds. The second-order valence-corrected chi connectivity index (χ2v) is 6.68. The van der Waals surface area contributed by atoms with E-state index in [0.717, 1.165) is 28.6 Å². The van der Waals surface area contributed by atoms with Gasteiger partial charge in [-0.3, -0.25) is 4.79 Å². The molecule has 1 atom stereocenters. The van der Waals surface area contributed by atoms with Crippen LogP contribution in [-0.4, -0.2) is 39.5 Å². The molecule has 3 aromatic rings. The molecule has 0 aliphatic rings. The summed E-state index contributed by atoms with van der Waals surface area (Å²) in [5.74, 6) is -1.19. The van der Waals surface area contributed by atoms with Crippen molar-refractivity contribution in [3.05, 3.63) is 71.9 Å². The summed E-state index contributed by atoms with van der Waals surface area (Å²) in [7, 11) is 1.57. The first-order valence-corrected chi connectivity index (χ1v) is 9.10. The number of carbonyl (C=O) groups is 2. The molecule has 0 saturated carbocycles. The van der Waals surface area contributed by atoms with Gasteiger partial charge in [0.05, 0.1) is 6.42 Å². The number of hydrogen-bond donors (Lipinski definition) is 1. The Bertz CT molecular complexity index is 947. The minimum Gasteiger partial charge on any atom is -0.480 e. The third-order valence-corrected chi connectivity index (χ3v) is 4.97. The first-order valence-electron chi connectivity index (χ1n) is 9.10. The predicted molar refractivity (Wildman–Crippen MR) is 106 cm³/mol. The number of amides is 1. The number of benzene rings is 2. The van der Waals surface area contributed by atoms with Crippen molar-refractivity contribution >= 4 is 22.8 Å². The van der Waals surface area contributed by atoms with E-state index in [1.807, 2.05) is 60.8 Å². The maximum absolute atomic E-state index is 12.8. The SMILES string of the molecule is CCn1cc(CC(=O)N(C)C(Cc2ccccc2)C(=O)O)c2ccccc21. The van der Waals surface area contributed by atoms with Crippen LogP contribution in [0, 0.1) is 0 Å². The number of carbonyl (C=O) groups excluding carboxylic acids is 1. The van der Waals surface area contributed by atoms with Gasteiger partial charge < -0.3 is 14.6 Å². The van der Waals surface area contributed by atoms with Crippen molar-refractivity contribution in [2.24, 2.45) is 0 Å². The largest absolute Gasteiger partial charge is 0.480 e. The van der Waals surface area contributed by atoms with Gasteiger partial charge in [-0.2, -0.15) is 0 Å². The molecule has 0 aliphatic carbocycles. The van der Waals surface area contributed by atoms with Crippen molar-refractivity contribution in [2.75, 3.05) is 7.05 Å². The van der Waals surface area contributed by atoms with Gasteiger partial charge in [0, 0.05) is 37.1 Å². The molecule has 0 spiro atoms. The lowest BCUT2D eigenvalue weighted by Gasteiger charge is -2.25. The number of aryl methyl sites for hydroxylation is 1. The molecule has 1 unspecified atom stereocenters. The molecule has 2 aromatic carbocycles. The summed E-state index contributed by atoms with van der Waals surface area (Å²) in [6.07, 6.45) is 2.46. The van der Waals surface area contributed by atoms with Crippen molar-refractivity contribution in [2.45, 2.75) is 32.4 Å². The van der Waals surface area contributed by atoms with Crippen molar-refractivity contribution in [1.29, 1.82) is 0 Å². The van der Waals surface area contributed by atoms with Gasteiger partial charge >= 0.3 is 5.97 Å². The van der Waals surface area contributed by atoms with E-state index in [1.165, 1.54) is 4.90 Å². The van der Waals surface area contributed by atoms with Crippen molar-refractivity contribution in [1.82, 2.24) is 9.47 Å². The third-order valence-electron chi connectivity index (χ3n) is 4.97. The predicted octanol–water partition coefficient (Wildman–Crippen LogP) is 3.36. The molecule has 1 N–H and O–H groups in total. The molecule has 140 valence electrons. The van der Waals surface area contributed by atoms with Gasteiger partial charge in [-0.15, -0.1) is 0 Å². The smallest absolute Gasteiger partial charge is 0.326 e. The van der Waals surface area contributed by atoms with Crippen LogP contribution in [0.25, 0.3) is 10.9 Å². The lowest BCUT2D eigenvalue weighted by Crippen LogP contribution is -2.44. The molecule has 3 rings (SSSR count). The highest BCUT2D eigenvalue weighted by molar-refractivity contribution is 5.91. The summed E-state index contributed by atoms with van der Waals surface area (Å²) < 4.78 is 2.11. The molecule has 0 bridgehead atoms. The maximum Gasteiger partial charge on any atom is 0.326 e. The minimum atomic E-state index is -0.995. The normalized spacial score (nSPS) is 12.1. The number of carboxylic acid groups (broad SMARTS) is 1. The maximum atomic E-state index is 12.8. The molecule has 0 fully saturated rings. The number of aromatic nitrogens is 1. The average Bonchev–Trinajstić information content (AvgIpc) is 3.04. The number of hydrogen-bond acceptors (Lipinski definition) is 2. The minimum absolute atomic E-state index is 0.183. The Morgan fingerprint density at radius 1 is 1.07 bits per heavy atom. The topological polar surface area (TPSA) is 62.5 Å². The summed E-state index contributed by atoms with van der Waals surface area (Å²) in [4.78, 5) is 26.0. The Hall–Kier alpha value is -3.08. The van der Waals surface area contributed by atoms with Gasteiger partial charge in [0.15, 0.2) is 0 Å². The van der Waals surface area contributed by atoms with E-state index in [-0.39, 0.29) is 18.7 Å². The zero-order valence-electron chi connectivity index (χ0n) is 15.6. The Morgan fingerprint density at radius 2 is 1.74 bits per heavy atom. The quantitative estimate of drug-likeness (QED) is 0.699. The zero-order valence-corrected chi connectivity index (χ0v) is 15.6. The average molecular weight is 364 g/mol. The first-order chi connectivity index (χ1) is 13.0. The van der Waals surface area contributed by atoms with E-state index in [0.29, 0.717) is 0 Å². The van der Waals surface area contributed by atoms with Crippen LogP contribution >= 0.6 is 0 Å². The highest BCUT2D eigenvalue weighted by Gasteiger charge is 2.27. The first kappa shape index (κ1) is 18.7. The number of para-hydroxylation sites is 1. The Kier molecular flexibility index (Phi) is 5.60. The third kappa shape index (κ3) is 4.03. The van der Waals surface area contributed by atoms with Gasteiger partial charge in [-0.1, -0.05) is 48.5 Å². The fraction of sp³-hybridized carbons (Fsp3) is 0.273. The lowest BCUT2D eigenvalue weighted by atomic mass is 10.0. The molecule has 5 nitrogen and oxygen atoms in total. The molecule has 1 heterocycles. The van der Waals surface area contributed by atoms with Crippen molar-refractivity contribution in [3.8, 4) is 0 Å². The molecule has 27 heavy (non-hydrogen) atoms. The van der Waals surface area contributed by atoms with Crippen molar-refractivity contribution in [3.63, 3.8) is 0 Å². The Morgan fingerprint density at radius 3 is 2.41 bits per heavy atom. The number of rotatable bonds is 7. The lowest BCUT2D eigenvalue weighted by molar-refractivity contribution is -0.148. The highest BCUT2D eigenvalue weighted by Crippen LogP contribution is 2.22. The van der Waals surface area contributed by atoms with Crippen LogP contribution in [0.1, 0.15) is 18.1 Å². The number of carboxylic acids is 1. The van der Waals surface area contributed by atoms with E-state index in [9.17, 15) is 14.7 Å². The van der Waals surface area contributed by atoms with Crippen molar-refractivity contribution < 1.29 is 14.7 Å². The van der Waals surface area contributed by atoms with E-state index in [1.54, 1.807) is 7.05 Å². The monoisotopic (exact) mass is 364 g/mol. The molecule has 5 heteroatoms. The van der Waals surface area contributed by atoms with Gasteiger partial charge in [0.25, 0.3) is 0 Å². The van der Waals surface area contributed by atoms with E-state index in [4.69, 9.17) is 0 Å². The fourth-order valence-corrected chi connectivity index (χ4v) is 3.41. The number of fused-ring (bicyclic) bond motifs is 1. The van der Waals surface area contributed by atoms with E-state index in [2.05, 4.69) is 11.5 Å². The van der Waals surface area contributed by atoms with Gasteiger partial charge in [-0.25, -0.2) is 4.79 Å². The van der Waals surface area contributed by atoms with Crippen LogP contribution < -0.4 is 0 Å². The fourth-order valence-electron chi connectivity index (χ4n) is 3.41. The molecule has 0 radical (unpaired) electrons. The Balaban J connectivity index is 1.81. The molecular formula is C22H24N2O3. The summed E-state index contributed by atoms with van der Waals surface area (Å²) in [5.41, 5.74) is 2.91. The summed E-state index contributed by atoms with van der Waals surface area (Å²) in [5, 5.41) is 10.7. The van der Waals surface area contributed by atoms with Crippen LogP contribution in [0.15, 0.2) is 60.8 Å². The molecule has 0 saturated heterocycles. The number of likely N-dealkylation sites (N-methyl/N-ethyl adjacent to an activating group) is 1. The summed E-state index contributed by atoms with van der Waals surface area (Å²) in [6.45, 7) is 2.88. The van der Waals surface area contributed by atoms with Gasteiger partial charge in [0.2, 0.25) is 5.91 Å². The van der Waals surface area contributed by atoms with Crippen LogP contribution in [0.4, 0.5) is 0 Å². The van der Waals surface area contributed by atoms with Gasteiger partial charge in [0.1, 0.15) is 6.04 Å². The number of aliphatic carboxylic acids is 1. The molecular weight excluding hydrogens is 340 g/mol. The van der Waals surface area contributed by atoms with Crippen LogP contribution in [0.3, 0.4) is 0 Å². The van der Waals surface area contributed by atoms with Crippen LogP contribution in [0.5, 0.6) is 0 Å². The summed E-state index contributed by atoms with van der Waals surface area (Å²) in [6, 6.07) is 16.5. The highest BCUT2D eigenvalue weighted by atomic mass is 16.4. The zero-order chi connectivity index (χ0) is 19.4. The molecule has 1 aromatic heterocycles. The summed E-state index contributed by atoms with van der Waals surface area (Å²) >= 11 is 0. The number of nitrogens with zero attached hydrogens (tertiary/aromatic N) is 2. The van der Waals surface area contributed by atoms with Crippen LogP contribution in [0.2, 0.25) is 0 Å².